The Kier molecular flexibility index (Phi) is 4.19. The van der Waals surface area contributed by atoms with Gasteiger partial charge >= 0.3 is 12.2 Å². The highest BCUT2D eigenvalue weighted by Gasteiger charge is 2.37. The quantitative estimate of drug-likeness (QED) is 0.796. The van der Waals surface area contributed by atoms with Crippen LogP contribution in [0.2, 0.25) is 0 Å². The van der Waals surface area contributed by atoms with E-state index in [2.05, 4.69) is 20.3 Å². The van der Waals surface area contributed by atoms with Crippen molar-refractivity contribution in [2.45, 2.75) is 32.2 Å². The first-order chi connectivity index (χ1) is 11.7. The van der Waals surface area contributed by atoms with E-state index in [0.717, 1.165) is 25.2 Å². The second kappa shape index (κ2) is 6.19. The van der Waals surface area contributed by atoms with E-state index in [1.165, 1.54) is 11.1 Å². The summed E-state index contributed by atoms with van der Waals surface area (Å²) in [6.45, 7) is 5.04. The van der Waals surface area contributed by atoms with Gasteiger partial charge < -0.3 is 20.1 Å². The highest BCUT2D eigenvalue weighted by atomic mass is 16.7. The molecule has 10 nitrogen and oxygen atoms in total. The van der Waals surface area contributed by atoms with Crippen LogP contribution in [0.4, 0.5) is 21.4 Å². The van der Waals surface area contributed by atoms with Gasteiger partial charge in [0.2, 0.25) is 11.8 Å². The molecule has 0 aliphatic carbocycles. The molecule has 10 heteroatoms. The lowest BCUT2D eigenvalue weighted by molar-refractivity contribution is 0.144. The maximum absolute atomic E-state index is 12.1. The van der Waals surface area contributed by atoms with Crippen molar-refractivity contribution >= 4 is 29.8 Å². The summed E-state index contributed by atoms with van der Waals surface area (Å²) in [5.74, 6) is 0.962. The fourth-order valence-electron chi connectivity index (χ4n) is 2.81. The third kappa shape index (κ3) is 3.62. The number of hydrogen-bond donors (Lipinski definition) is 2. The van der Waals surface area contributed by atoms with Gasteiger partial charge in [-0.15, -0.1) is 0 Å². The summed E-state index contributed by atoms with van der Waals surface area (Å²) < 4.78 is 4.72. The molecular weight excluding hydrogens is 328 g/mol. The largest absolute Gasteiger partial charge is 0.511 e. The number of rotatable bonds is 3. The average Bonchev–Trinajstić information content (AvgIpc) is 3.03. The number of nitrogens with zero attached hydrogens (tertiary/aromatic N) is 5. The zero-order chi connectivity index (χ0) is 18.2. The highest BCUT2D eigenvalue weighted by molar-refractivity contribution is 5.94. The zero-order valence-electron chi connectivity index (χ0n) is 14.3. The Morgan fingerprint density at radius 2 is 2.24 bits per heavy atom. The van der Waals surface area contributed by atoms with E-state index >= 15 is 0 Å². The van der Waals surface area contributed by atoms with Gasteiger partial charge in [-0.2, -0.15) is 4.98 Å². The maximum Gasteiger partial charge on any atom is 0.511 e. The van der Waals surface area contributed by atoms with Crippen molar-refractivity contribution in [3.05, 3.63) is 6.20 Å². The first kappa shape index (κ1) is 16.9. The second-order valence-corrected chi connectivity index (χ2v) is 6.68. The molecule has 2 amide bonds. The molecule has 1 aromatic rings. The Morgan fingerprint density at radius 1 is 1.48 bits per heavy atom. The van der Waals surface area contributed by atoms with Crippen LogP contribution in [0.3, 0.4) is 0 Å². The third-order valence-electron chi connectivity index (χ3n) is 3.98. The van der Waals surface area contributed by atoms with Gasteiger partial charge in [-0.3, -0.25) is 4.90 Å². The van der Waals surface area contributed by atoms with Crippen LogP contribution in [0.5, 0.6) is 5.75 Å². The molecule has 3 heterocycles. The van der Waals surface area contributed by atoms with Crippen molar-refractivity contribution in [1.82, 2.24) is 20.2 Å². The number of carbonyl (C=O) groups is 2. The number of hydrogen-bond acceptors (Lipinski definition) is 6. The van der Waals surface area contributed by atoms with Gasteiger partial charge in [0.15, 0.2) is 5.75 Å². The maximum atomic E-state index is 12.1. The van der Waals surface area contributed by atoms with E-state index in [1.54, 1.807) is 0 Å². The lowest BCUT2D eigenvalue weighted by Gasteiger charge is -2.17. The number of aliphatic imine (C=N–C) groups is 1. The zero-order valence-corrected chi connectivity index (χ0v) is 14.3. The van der Waals surface area contributed by atoms with Crippen molar-refractivity contribution in [3.63, 3.8) is 0 Å². The highest BCUT2D eigenvalue weighted by Crippen LogP contribution is 2.30. The minimum Gasteiger partial charge on any atom is -0.449 e. The molecule has 134 valence electrons. The Balaban J connectivity index is 1.98. The molecule has 0 bridgehead atoms. The van der Waals surface area contributed by atoms with Crippen LogP contribution in [0, 0.1) is 0 Å². The summed E-state index contributed by atoms with van der Waals surface area (Å²) in [5, 5.41) is 11.7. The molecular formula is C15H20N6O4. The Hall–Kier alpha value is -2.91. The molecule has 0 unspecified atom stereocenters. The van der Waals surface area contributed by atoms with Crippen molar-refractivity contribution in [3.8, 4) is 5.75 Å². The molecule has 0 radical (unpaired) electrons. The Labute approximate surface area is 144 Å². The second-order valence-electron chi connectivity index (χ2n) is 6.68. The summed E-state index contributed by atoms with van der Waals surface area (Å²) in [6.07, 6.45) is 1.48. The van der Waals surface area contributed by atoms with Gasteiger partial charge in [-0.05, 0) is 20.3 Å². The topological polar surface area (TPSA) is 120 Å². The summed E-state index contributed by atoms with van der Waals surface area (Å²) in [5.41, 5.74) is -0.408. The van der Waals surface area contributed by atoms with Crippen LogP contribution in [0.25, 0.3) is 0 Å². The fraction of sp³-hybridized carbons (Fsp3) is 0.533. The molecule has 2 saturated heterocycles. The molecule has 3 rings (SSSR count). The molecule has 1 aromatic heterocycles. The molecule has 2 N–H and O–H groups in total. The predicted octanol–water partition coefficient (Wildman–Crippen LogP) is 1.60. The van der Waals surface area contributed by atoms with E-state index in [1.807, 2.05) is 25.8 Å². The van der Waals surface area contributed by atoms with Crippen LogP contribution in [0.1, 0.15) is 26.7 Å². The number of carboxylic acid groups (broad SMARTS) is 1. The first-order valence-corrected chi connectivity index (χ1v) is 7.91. The smallest absolute Gasteiger partial charge is 0.449 e. The number of likely N-dealkylation sites (tertiary alicyclic amines) is 1. The van der Waals surface area contributed by atoms with Gasteiger partial charge in [0.1, 0.15) is 5.84 Å². The molecule has 0 aromatic carbocycles. The van der Waals surface area contributed by atoms with Crippen LogP contribution < -0.4 is 15.0 Å². The number of ether oxygens (including phenoxy) is 1. The molecule has 0 atom stereocenters. The van der Waals surface area contributed by atoms with E-state index < -0.39 is 11.7 Å². The van der Waals surface area contributed by atoms with Gasteiger partial charge in [0.05, 0.1) is 18.3 Å². The van der Waals surface area contributed by atoms with E-state index in [-0.39, 0.29) is 23.5 Å². The van der Waals surface area contributed by atoms with Gasteiger partial charge in [-0.25, -0.2) is 19.6 Å². The summed E-state index contributed by atoms with van der Waals surface area (Å²) in [6, 6.07) is -0.312. The number of urea groups is 1. The first-order valence-electron chi connectivity index (χ1n) is 7.91. The SMILES string of the molecule is CN1CCCC1=Nc1nc(N2CC(C)(C)NC2=O)ncc1OC(=O)O. The van der Waals surface area contributed by atoms with E-state index in [4.69, 9.17) is 9.84 Å². The third-order valence-corrected chi connectivity index (χ3v) is 3.98. The normalized spacial score (nSPS) is 20.9. The lowest BCUT2D eigenvalue weighted by atomic mass is 10.1. The monoisotopic (exact) mass is 348 g/mol. The van der Waals surface area contributed by atoms with E-state index in [0.29, 0.717) is 6.54 Å². The Morgan fingerprint density at radius 3 is 2.80 bits per heavy atom. The number of amidine groups is 1. The minimum atomic E-state index is -1.47. The number of amides is 2. The minimum absolute atomic E-state index is 0.0667. The molecule has 2 fully saturated rings. The van der Waals surface area contributed by atoms with Gasteiger partial charge in [0, 0.05) is 20.0 Å². The molecule has 0 saturated carbocycles. The summed E-state index contributed by atoms with van der Waals surface area (Å²) >= 11 is 0. The lowest BCUT2D eigenvalue weighted by Crippen LogP contribution is -2.36. The molecule has 25 heavy (non-hydrogen) atoms. The number of aromatic nitrogens is 2. The van der Waals surface area contributed by atoms with Gasteiger partial charge in [-0.1, -0.05) is 0 Å². The fourth-order valence-corrected chi connectivity index (χ4v) is 2.81. The summed E-state index contributed by atoms with van der Waals surface area (Å²) in [4.78, 5) is 39.2. The van der Waals surface area contributed by atoms with Gasteiger partial charge in [0.25, 0.3) is 0 Å². The average molecular weight is 348 g/mol. The molecule has 2 aliphatic heterocycles. The van der Waals surface area contributed by atoms with Crippen molar-refractivity contribution in [2.24, 2.45) is 4.99 Å². The molecule has 2 aliphatic rings. The number of nitrogens with one attached hydrogen (secondary N) is 1. The van der Waals surface area contributed by atoms with Crippen molar-refractivity contribution < 1.29 is 19.4 Å². The Bertz CT molecular complexity index is 748. The molecule has 0 spiro atoms. The summed E-state index contributed by atoms with van der Waals surface area (Å²) in [7, 11) is 1.90. The van der Waals surface area contributed by atoms with Crippen molar-refractivity contribution in [1.29, 1.82) is 0 Å². The van der Waals surface area contributed by atoms with Crippen LogP contribution in [-0.4, -0.2) is 63.7 Å². The van der Waals surface area contributed by atoms with Crippen molar-refractivity contribution in [2.75, 3.05) is 25.0 Å². The van der Waals surface area contributed by atoms with Crippen LogP contribution in [0.15, 0.2) is 11.2 Å². The van der Waals surface area contributed by atoms with E-state index in [9.17, 15) is 9.59 Å². The van der Waals surface area contributed by atoms with Crippen LogP contribution >= 0.6 is 0 Å². The standard InChI is InChI=1S/C15H20N6O4/c1-15(2)8-21(13(22)19-15)12-16-7-9(25-14(23)24)11(18-12)17-10-5-4-6-20(10)3/h7H,4-6,8H2,1-3H3,(H,19,22)(H,23,24). The number of anilines is 1. The number of carbonyl (C=O) groups excluding carboxylic acids is 1. The predicted molar refractivity (Wildman–Crippen MR) is 89.6 cm³/mol. The van der Waals surface area contributed by atoms with Crippen LogP contribution in [-0.2, 0) is 0 Å².